The van der Waals surface area contributed by atoms with Gasteiger partial charge in [-0.05, 0) is 19.3 Å². The molecule has 2 aliphatic heterocycles. The molecule has 1 atom stereocenters. The minimum atomic E-state index is 0.472. The maximum atomic E-state index is 5.49. The van der Waals surface area contributed by atoms with Gasteiger partial charge < -0.3 is 4.74 Å². The Kier molecular flexibility index (Phi) is 2.12. The molecule has 11 heavy (non-hydrogen) atoms. The highest BCUT2D eigenvalue weighted by Gasteiger charge is 2.38. The molecule has 1 unspecified atom stereocenters. The fourth-order valence-electron chi connectivity index (χ4n) is 2.14. The van der Waals surface area contributed by atoms with Crippen molar-refractivity contribution in [1.29, 1.82) is 0 Å². The van der Waals surface area contributed by atoms with E-state index in [-0.39, 0.29) is 0 Å². The van der Waals surface area contributed by atoms with E-state index in [0.29, 0.717) is 5.41 Å². The van der Waals surface area contributed by atoms with Gasteiger partial charge in [0, 0.05) is 25.1 Å². The van der Waals surface area contributed by atoms with Gasteiger partial charge in [-0.25, -0.2) is 0 Å². The van der Waals surface area contributed by atoms with Crippen LogP contribution in [0.15, 0.2) is 0 Å². The van der Waals surface area contributed by atoms with Crippen molar-refractivity contribution < 1.29 is 4.74 Å². The molecule has 2 nitrogen and oxygen atoms in total. The molecule has 0 aromatic heterocycles. The van der Waals surface area contributed by atoms with E-state index in [2.05, 4.69) is 17.1 Å². The summed E-state index contributed by atoms with van der Waals surface area (Å²) in [7, 11) is 0. The minimum Gasteiger partial charge on any atom is -0.381 e. The molecule has 0 saturated carbocycles. The Balaban J connectivity index is 1.98. The lowest BCUT2D eigenvalue weighted by atomic mass is 9.82. The van der Waals surface area contributed by atoms with Crippen LogP contribution in [0.1, 0.15) is 19.3 Å². The second-order valence-electron chi connectivity index (χ2n) is 3.79. The van der Waals surface area contributed by atoms with Gasteiger partial charge in [0.1, 0.15) is 0 Å². The average molecular weight is 173 g/mol. The normalized spacial score (nSPS) is 40.1. The van der Waals surface area contributed by atoms with Gasteiger partial charge in [-0.3, -0.25) is 4.31 Å². The standard InChI is InChI=1S/C8H15NOS/c11-9-4-3-8(6-9)2-1-5-10-7-8/h11H,1-7H2. The molecule has 0 aliphatic carbocycles. The quantitative estimate of drug-likeness (QED) is 0.555. The van der Waals surface area contributed by atoms with E-state index >= 15 is 0 Å². The predicted molar refractivity (Wildman–Crippen MR) is 47.7 cm³/mol. The second-order valence-corrected chi connectivity index (χ2v) is 4.36. The molecule has 1 spiro atoms. The van der Waals surface area contributed by atoms with Crippen LogP contribution in [0, 0.1) is 5.41 Å². The third kappa shape index (κ3) is 1.55. The van der Waals surface area contributed by atoms with Crippen LogP contribution in [0.3, 0.4) is 0 Å². The Labute approximate surface area is 73.4 Å². The number of hydrogen-bond acceptors (Lipinski definition) is 3. The van der Waals surface area contributed by atoms with Crippen LogP contribution in [0.5, 0.6) is 0 Å². The average Bonchev–Trinajstić information content (AvgIpc) is 2.34. The molecule has 2 fully saturated rings. The number of ether oxygens (including phenoxy) is 1. The molecular formula is C8H15NOS. The van der Waals surface area contributed by atoms with E-state index in [0.717, 1.165) is 26.3 Å². The molecular weight excluding hydrogens is 158 g/mol. The summed E-state index contributed by atoms with van der Waals surface area (Å²) in [4.78, 5) is 0. The summed E-state index contributed by atoms with van der Waals surface area (Å²) in [6, 6.07) is 0. The molecule has 2 aliphatic rings. The first-order chi connectivity index (χ1) is 5.31. The van der Waals surface area contributed by atoms with Crippen molar-refractivity contribution in [3.8, 4) is 0 Å². The first-order valence-electron chi connectivity index (χ1n) is 4.32. The van der Waals surface area contributed by atoms with Crippen molar-refractivity contribution in [3.63, 3.8) is 0 Å². The highest BCUT2D eigenvalue weighted by atomic mass is 32.1. The Morgan fingerprint density at radius 2 is 2.27 bits per heavy atom. The Morgan fingerprint density at radius 1 is 1.36 bits per heavy atom. The molecule has 64 valence electrons. The largest absolute Gasteiger partial charge is 0.381 e. The number of rotatable bonds is 0. The number of hydrogen-bond donors (Lipinski definition) is 1. The summed E-state index contributed by atoms with van der Waals surface area (Å²) >= 11 is 4.35. The summed E-state index contributed by atoms with van der Waals surface area (Å²) in [6.45, 7) is 4.18. The summed E-state index contributed by atoms with van der Waals surface area (Å²) in [5.74, 6) is 0. The molecule has 2 saturated heterocycles. The number of thiol groups is 1. The van der Waals surface area contributed by atoms with E-state index in [1.807, 2.05) is 0 Å². The molecule has 0 N–H and O–H groups in total. The van der Waals surface area contributed by atoms with Gasteiger partial charge in [0.05, 0.1) is 6.61 Å². The number of nitrogens with zero attached hydrogens (tertiary/aromatic N) is 1. The zero-order chi connectivity index (χ0) is 7.73. The van der Waals surface area contributed by atoms with Crippen molar-refractivity contribution >= 4 is 12.8 Å². The van der Waals surface area contributed by atoms with E-state index in [1.54, 1.807) is 0 Å². The third-order valence-electron chi connectivity index (χ3n) is 2.82. The Bertz CT molecular complexity index is 140. The SMILES string of the molecule is SN1CCC2(CCCOC2)C1. The second kappa shape index (κ2) is 2.96. The first-order valence-corrected chi connectivity index (χ1v) is 4.72. The summed E-state index contributed by atoms with van der Waals surface area (Å²) in [5, 5.41) is 0. The van der Waals surface area contributed by atoms with Gasteiger partial charge >= 0.3 is 0 Å². The van der Waals surface area contributed by atoms with Crippen molar-refractivity contribution in [2.75, 3.05) is 26.3 Å². The van der Waals surface area contributed by atoms with E-state index in [9.17, 15) is 0 Å². The van der Waals surface area contributed by atoms with Crippen LogP contribution >= 0.6 is 12.8 Å². The lowest BCUT2D eigenvalue weighted by Crippen LogP contribution is -2.33. The first kappa shape index (κ1) is 7.90. The molecule has 0 aromatic rings. The Hall–Kier alpha value is 0.270. The fraction of sp³-hybridized carbons (Fsp3) is 1.00. The predicted octanol–water partition coefficient (Wildman–Crippen LogP) is 1.33. The zero-order valence-corrected chi connectivity index (χ0v) is 7.65. The van der Waals surface area contributed by atoms with Gasteiger partial charge in [-0.15, -0.1) is 0 Å². The van der Waals surface area contributed by atoms with Crippen molar-refractivity contribution in [2.45, 2.75) is 19.3 Å². The topological polar surface area (TPSA) is 12.5 Å². The summed E-state index contributed by atoms with van der Waals surface area (Å²) in [6.07, 6.45) is 3.85. The van der Waals surface area contributed by atoms with Crippen LogP contribution in [0.25, 0.3) is 0 Å². The van der Waals surface area contributed by atoms with Crippen LogP contribution in [0.4, 0.5) is 0 Å². The molecule has 2 rings (SSSR count). The maximum absolute atomic E-state index is 5.49. The molecule has 0 bridgehead atoms. The monoisotopic (exact) mass is 173 g/mol. The lowest BCUT2D eigenvalue weighted by molar-refractivity contribution is 0.00124. The molecule has 3 heteroatoms. The van der Waals surface area contributed by atoms with Gasteiger partial charge in [-0.1, -0.05) is 12.8 Å². The molecule has 0 aromatic carbocycles. The van der Waals surface area contributed by atoms with Crippen LogP contribution in [0.2, 0.25) is 0 Å². The molecule has 0 radical (unpaired) electrons. The van der Waals surface area contributed by atoms with E-state index < -0.39 is 0 Å². The van der Waals surface area contributed by atoms with Crippen molar-refractivity contribution in [1.82, 2.24) is 4.31 Å². The lowest BCUT2D eigenvalue weighted by Gasteiger charge is -2.32. The zero-order valence-electron chi connectivity index (χ0n) is 6.75. The van der Waals surface area contributed by atoms with E-state index in [4.69, 9.17) is 4.74 Å². The van der Waals surface area contributed by atoms with Crippen LogP contribution in [-0.4, -0.2) is 30.6 Å². The third-order valence-corrected chi connectivity index (χ3v) is 3.16. The minimum absolute atomic E-state index is 0.472. The highest BCUT2D eigenvalue weighted by molar-refractivity contribution is 7.77. The summed E-state index contributed by atoms with van der Waals surface area (Å²) in [5.41, 5.74) is 0.472. The van der Waals surface area contributed by atoms with Crippen LogP contribution < -0.4 is 0 Å². The highest BCUT2D eigenvalue weighted by Crippen LogP contribution is 2.38. The van der Waals surface area contributed by atoms with Gasteiger partial charge in [0.2, 0.25) is 0 Å². The molecule has 2 heterocycles. The van der Waals surface area contributed by atoms with Gasteiger partial charge in [0.25, 0.3) is 0 Å². The van der Waals surface area contributed by atoms with Crippen molar-refractivity contribution in [2.24, 2.45) is 5.41 Å². The van der Waals surface area contributed by atoms with Gasteiger partial charge in [0.15, 0.2) is 0 Å². The van der Waals surface area contributed by atoms with Crippen LogP contribution in [-0.2, 0) is 4.74 Å². The Morgan fingerprint density at radius 3 is 2.82 bits per heavy atom. The molecule has 0 amide bonds. The summed E-state index contributed by atoms with van der Waals surface area (Å²) < 4.78 is 7.61. The maximum Gasteiger partial charge on any atom is 0.0535 e. The van der Waals surface area contributed by atoms with E-state index in [1.165, 1.54) is 19.3 Å². The van der Waals surface area contributed by atoms with Gasteiger partial charge in [-0.2, -0.15) is 0 Å². The van der Waals surface area contributed by atoms with Crippen molar-refractivity contribution in [3.05, 3.63) is 0 Å². The smallest absolute Gasteiger partial charge is 0.0535 e. The fourth-order valence-corrected chi connectivity index (χ4v) is 2.54.